The Bertz CT molecular complexity index is 845. The lowest BCUT2D eigenvalue weighted by atomic mass is 10.1. The lowest BCUT2D eigenvalue weighted by Gasteiger charge is -2.03. The highest BCUT2D eigenvalue weighted by Gasteiger charge is 2.18. The van der Waals surface area contributed by atoms with Crippen LogP contribution in [0, 0.1) is 0 Å². The van der Waals surface area contributed by atoms with Crippen LogP contribution in [0.5, 0.6) is 5.75 Å². The summed E-state index contributed by atoms with van der Waals surface area (Å²) in [5, 5.41) is 14.4. The first-order chi connectivity index (χ1) is 10.0. The van der Waals surface area contributed by atoms with Crippen LogP contribution in [0.2, 0.25) is 0 Å². The van der Waals surface area contributed by atoms with Crippen molar-refractivity contribution in [1.29, 1.82) is 0 Å². The molecule has 6 heteroatoms. The highest BCUT2D eigenvalue weighted by molar-refractivity contribution is 6.00. The van der Waals surface area contributed by atoms with Crippen LogP contribution < -0.4 is 4.74 Å². The van der Waals surface area contributed by atoms with E-state index in [0.29, 0.717) is 5.69 Å². The Morgan fingerprint density at radius 2 is 2.10 bits per heavy atom. The van der Waals surface area contributed by atoms with Crippen molar-refractivity contribution in [1.82, 2.24) is 14.3 Å². The second-order valence-corrected chi connectivity index (χ2v) is 4.85. The molecule has 0 spiro atoms. The number of rotatable bonds is 3. The van der Waals surface area contributed by atoms with E-state index in [1.165, 1.54) is 4.68 Å². The lowest BCUT2D eigenvalue weighted by Crippen LogP contribution is -2.04. The second kappa shape index (κ2) is 4.66. The second-order valence-electron chi connectivity index (χ2n) is 4.85. The van der Waals surface area contributed by atoms with Crippen LogP contribution in [0.3, 0.4) is 0 Å². The summed E-state index contributed by atoms with van der Waals surface area (Å²) in [5.74, 6) is -0.255. The molecule has 0 fully saturated rings. The minimum Gasteiger partial charge on any atom is -0.496 e. The summed E-state index contributed by atoms with van der Waals surface area (Å²) < 4.78 is 8.76. The van der Waals surface area contributed by atoms with E-state index in [-0.39, 0.29) is 5.69 Å². The third kappa shape index (κ3) is 1.96. The zero-order valence-corrected chi connectivity index (χ0v) is 12.0. The highest BCUT2D eigenvalue weighted by Crippen LogP contribution is 2.36. The molecule has 0 saturated heterocycles. The monoisotopic (exact) mass is 285 g/mol. The third-order valence-corrected chi connectivity index (χ3v) is 3.57. The maximum Gasteiger partial charge on any atom is 0.354 e. The Labute approximate surface area is 121 Å². The molecule has 0 saturated carbocycles. The Balaban J connectivity index is 2.30. The topological polar surface area (TPSA) is 69.3 Å². The molecule has 0 aliphatic rings. The van der Waals surface area contributed by atoms with Gasteiger partial charge in [0, 0.05) is 25.9 Å². The van der Waals surface area contributed by atoms with E-state index in [2.05, 4.69) is 5.10 Å². The molecular weight excluding hydrogens is 270 g/mol. The summed E-state index contributed by atoms with van der Waals surface area (Å²) in [7, 11) is 5.17. The zero-order valence-electron chi connectivity index (χ0n) is 12.0. The van der Waals surface area contributed by atoms with E-state index < -0.39 is 5.97 Å². The third-order valence-electron chi connectivity index (χ3n) is 3.57. The molecule has 3 aromatic rings. The average molecular weight is 285 g/mol. The van der Waals surface area contributed by atoms with Gasteiger partial charge in [0.1, 0.15) is 11.4 Å². The molecule has 0 atom stereocenters. The molecule has 2 aromatic heterocycles. The van der Waals surface area contributed by atoms with Crippen LogP contribution in [0.15, 0.2) is 30.5 Å². The normalized spacial score (nSPS) is 11.0. The number of methoxy groups -OCH3 is 1. The van der Waals surface area contributed by atoms with Crippen molar-refractivity contribution in [2.45, 2.75) is 0 Å². The number of hydrogen-bond donors (Lipinski definition) is 1. The Kier molecular flexibility index (Phi) is 2.94. The summed E-state index contributed by atoms with van der Waals surface area (Å²) in [6.45, 7) is 0. The van der Waals surface area contributed by atoms with Gasteiger partial charge in [-0.15, -0.1) is 0 Å². The molecule has 0 amide bonds. The molecule has 0 unspecified atom stereocenters. The van der Waals surface area contributed by atoms with Gasteiger partial charge >= 0.3 is 5.97 Å². The van der Waals surface area contributed by atoms with Crippen molar-refractivity contribution in [2.75, 3.05) is 7.11 Å². The number of aromatic nitrogens is 3. The minimum absolute atomic E-state index is 0.150. The van der Waals surface area contributed by atoms with E-state index in [9.17, 15) is 4.79 Å². The minimum atomic E-state index is -0.997. The molecule has 2 heterocycles. The fourth-order valence-corrected chi connectivity index (χ4v) is 2.58. The van der Waals surface area contributed by atoms with E-state index in [1.807, 2.05) is 36.0 Å². The fraction of sp³-hybridized carbons (Fsp3) is 0.200. The number of carbonyl (C=O) groups is 1. The van der Waals surface area contributed by atoms with Gasteiger partial charge in [0.05, 0.1) is 23.7 Å². The van der Waals surface area contributed by atoms with Crippen molar-refractivity contribution in [3.8, 4) is 17.0 Å². The van der Waals surface area contributed by atoms with Gasteiger partial charge in [0.25, 0.3) is 0 Å². The highest BCUT2D eigenvalue weighted by atomic mass is 16.5. The summed E-state index contributed by atoms with van der Waals surface area (Å²) in [5.41, 5.74) is 2.63. The summed E-state index contributed by atoms with van der Waals surface area (Å²) in [4.78, 5) is 11.2. The van der Waals surface area contributed by atoms with Gasteiger partial charge < -0.3 is 14.4 Å². The number of aromatic carboxylic acids is 1. The van der Waals surface area contributed by atoms with Crippen LogP contribution in [0.1, 0.15) is 10.5 Å². The van der Waals surface area contributed by atoms with Gasteiger partial charge in [-0.3, -0.25) is 4.68 Å². The summed E-state index contributed by atoms with van der Waals surface area (Å²) in [6.07, 6.45) is 1.93. The molecule has 0 aliphatic carbocycles. The lowest BCUT2D eigenvalue weighted by molar-refractivity contribution is 0.0685. The van der Waals surface area contributed by atoms with Gasteiger partial charge in [-0.1, -0.05) is 6.07 Å². The predicted octanol–water partition coefficient (Wildman–Crippen LogP) is 2.29. The van der Waals surface area contributed by atoms with Crippen molar-refractivity contribution < 1.29 is 14.6 Å². The van der Waals surface area contributed by atoms with E-state index in [1.54, 1.807) is 20.2 Å². The smallest absolute Gasteiger partial charge is 0.354 e. The van der Waals surface area contributed by atoms with Crippen LogP contribution in [-0.4, -0.2) is 32.5 Å². The van der Waals surface area contributed by atoms with Crippen LogP contribution in [-0.2, 0) is 14.1 Å². The Morgan fingerprint density at radius 1 is 1.33 bits per heavy atom. The number of carboxylic acids is 1. The van der Waals surface area contributed by atoms with Crippen molar-refractivity contribution in [3.05, 3.63) is 36.2 Å². The number of hydrogen-bond acceptors (Lipinski definition) is 3. The van der Waals surface area contributed by atoms with Gasteiger partial charge in [0.2, 0.25) is 0 Å². The zero-order chi connectivity index (χ0) is 15.1. The molecule has 1 N–H and O–H groups in total. The number of benzene rings is 1. The molecule has 6 nitrogen and oxygen atoms in total. The molecular formula is C15H15N3O3. The molecule has 1 aromatic carbocycles. The van der Waals surface area contributed by atoms with Crippen molar-refractivity contribution >= 4 is 16.9 Å². The fourth-order valence-electron chi connectivity index (χ4n) is 2.58. The van der Waals surface area contributed by atoms with E-state index >= 15 is 0 Å². The number of fused-ring (bicyclic) bond motifs is 1. The van der Waals surface area contributed by atoms with Crippen LogP contribution in [0.25, 0.3) is 22.2 Å². The van der Waals surface area contributed by atoms with Gasteiger partial charge in [0.15, 0.2) is 0 Å². The number of carboxylic acid groups (broad SMARTS) is 1. The van der Waals surface area contributed by atoms with Crippen LogP contribution in [0.4, 0.5) is 0 Å². The molecule has 0 bridgehead atoms. The molecule has 0 aliphatic heterocycles. The summed E-state index contributed by atoms with van der Waals surface area (Å²) in [6, 6.07) is 7.37. The molecule has 3 rings (SSSR count). The number of nitrogens with zero attached hydrogens (tertiary/aromatic N) is 3. The summed E-state index contributed by atoms with van der Waals surface area (Å²) >= 11 is 0. The number of aryl methyl sites for hydroxylation is 2. The van der Waals surface area contributed by atoms with Gasteiger partial charge in [-0.05, 0) is 18.2 Å². The van der Waals surface area contributed by atoms with Gasteiger partial charge in [-0.25, -0.2) is 4.79 Å². The SMILES string of the molecule is COc1cccc2c1c(-c1cc(C(=O)O)n(C)n1)cn2C. The number of ether oxygens (including phenoxy) is 1. The molecule has 108 valence electrons. The first kappa shape index (κ1) is 13.2. The maximum absolute atomic E-state index is 11.2. The first-order valence-electron chi connectivity index (χ1n) is 6.42. The van der Waals surface area contributed by atoms with Crippen LogP contribution >= 0.6 is 0 Å². The van der Waals surface area contributed by atoms with E-state index in [4.69, 9.17) is 9.84 Å². The van der Waals surface area contributed by atoms with Crippen molar-refractivity contribution in [3.63, 3.8) is 0 Å². The largest absolute Gasteiger partial charge is 0.496 e. The van der Waals surface area contributed by atoms with Crippen molar-refractivity contribution in [2.24, 2.45) is 14.1 Å². The Morgan fingerprint density at radius 3 is 2.71 bits per heavy atom. The predicted molar refractivity (Wildman–Crippen MR) is 78.6 cm³/mol. The first-order valence-corrected chi connectivity index (χ1v) is 6.42. The standard InChI is InChI=1S/C15H15N3O3/c1-17-8-9(10-7-12(15(19)20)18(2)16-10)14-11(17)5-4-6-13(14)21-3/h4-8H,1-3H3,(H,19,20). The Hall–Kier alpha value is -2.76. The quantitative estimate of drug-likeness (QED) is 0.801. The average Bonchev–Trinajstić information content (AvgIpc) is 3.00. The van der Waals surface area contributed by atoms with E-state index in [0.717, 1.165) is 22.2 Å². The molecule has 21 heavy (non-hydrogen) atoms. The van der Waals surface area contributed by atoms with Gasteiger partial charge in [-0.2, -0.15) is 5.10 Å². The molecule has 0 radical (unpaired) electrons. The maximum atomic E-state index is 11.2.